The van der Waals surface area contributed by atoms with Gasteiger partial charge in [-0.3, -0.25) is 4.79 Å². The fourth-order valence-corrected chi connectivity index (χ4v) is 4.65. The Morgan fingerprint density at radius 1 is 1.12 bits per heavy atom. The number of hydrogen-bond donors (Lipinski definition) is 0. The Balaban J connectivity index is 1.71. The summed E-state index contributed by atoms with van der Waals surface area (Å²) in [6.07, 6.45) is 6.66. The first-order chi connectivity index (χ1) is 11.8. The molecule has 2 aliphatic carbocycles. The molecular weight excluding hydrogens is 300 g/mol. The summed E-state index contributed by atoms with van der Waals surface area (Å²) in [5.41, 5.74) is 2.46. The number of carbonyl (C=O) groups is 1. The SMILES string of the molecule is COC(=O)[C@H]1[C@@H]2COc3ccc4ccccc4c3/C=C3/[C@H]1C=C[C@@H]32. The van der Waals surface area contributed by atoms with E-state index in [1.807, 2.05) is 6.07 Å². The second-order valence-electron chi connectivity index (χ2n) is 6.80. The molecule has 0 aromatic heterocycles. The van der Waals surface area contributed by atoms with Crippen molar-refractivity contribution in [1.82, 2.24) is 0 Å². The van der Waals surface area contributed by atoms with Crippen LogP contribution in [0.2, 0.25) is 0 Å². The van der Waals surface area contributed by atoms with Crippen LogP contribution in [0, 0.1) is 23.7 Å². The van der Waals surface area contributed by atoms with Gasteiger partial charge in [-0.25, -0.2) is 0 Å². The molecule has 3 nitrogen and oxygen atoms in total. The maximum atomic E-state index is 12.3. The number of fused-ring (bicyclic) bond motifs is 3. The average Bonchev–Trinajstić information content (AvgIpc) is 3.14. The summed E-state index contributed by atoms with van der Waals surface area (Å²) in [5, 5.41) is 2.40. The van der Waals surface area contributed by atoms with Gasteiger partial charge in [-0.2, -0.15) is 0 Å². The molecule has 5 rings (SSSR count). The Hall–Kier alpha value is -2.55. The van der Waals surface area contributed by atoms with Gasteiger partial charge in [0.05, 0.1) is 19.6 Å². The number of hydrogen-bond acceptors (Lipinski definition) is 3. The van der Waals surface area contributed by atoms with E-state index < -0.39 is 0 Å². The van der Waals surface area contributed by atoms with Gasteiger partial charge in [-0.05, 0) is 16.8 Å². The Kier molecular flexibility index (Phi) is 2.87. The van der Waals surface area contributed by atoms with Gasteiger partial charge < -0.3 is 9.47 Å². The zero-order valence-electron chi connectivity index (χ0n) is 13.4. The van der Waals surface area contributed by atoms with Gasteiger partial charge in [0.2, 0.25) is 0 Å². The van der Waals surface area contributed by atoms with Gasteiger partial charge in [0.15, 0.2) is 0 Å². The zero-order valence-corrected chi connectivity index (χ0v) is 13.4. The molecule has 1 fully saturated rings. The van der Waals surface area contributed by atoms with Gasteiger partial charge in [0.1, 0.15) is 5.75 Å². The van der Waals surface area contributed by atoms with E-state index in [-0.39, 0.29) is 29.6 Å². The van der Waals surface area contributed by atoms with Crippen molar-refractivity contribution in [2.24, 2.45) is 23.7 Å². The molecule has 2 aromatic rings. The molecule has 1 aliphatic heterocycles. The molecule has 1 heterocycles. The maximum absolute atomic E-state index is 12.3. The van der Waals surface area contributed by atoms with Gasteiger partial charge >= 0.3 is 5.97 Å². The van der Waals surface area contributed by atoms with E-state index in [1.54, 1.807) is 0 Å². The number of rotatable bonds is 1. The molecule has 0 amide bonds. The Morgan fingerprint density at radius 3 is 2.83 bits per heavy atom. The largest absolute Gasteiger partial charge is 0.493 e. The molecular formula is C21H18O3. The van der Waals surface area contributed by atoms with Crippen molar-refractivity contribution in [1.29, 1.82) is 0 Å². The molecule has 2 aromatic carbocycles. The van der Waals surface area contributed by atoms with Crippen LogP contribution in [-0.4, -0.2) is 19.7 Å². The van der Waals surface area contributed by atoms with Crippen molar-refractivity contribution >= 4 is 22.8 Å². The summed E-state index contributed by atoms with van der Waals surface area (Å²) >= 11 is 0. The van der Waals surface area contributed by atoms with Gasteiger partial charge in [-0.15, -0.1) is 0 Å². The minimum atomic E-state index is -0.128. The second kappa shape index (κ2) is 4.97. The van der Waals surface area contributed by atoms with Crippen LogP contribution in [0.3, 0.4) is 0 Å². The summed E-state index contributed by atoms with van der Waals surface area (Å²) in [7, 11) is 1.47. The average molecular weight is 318 g/mol. The van der Waals surface area contributed by atoms with Crippen molar-refractivity contribution in [2.45, 2.75) is 0 Å². The predicted molar refractivity (Wildman–Crippen MR) is 92.5 cm³/mol. The lowest BCUT2D eigenvalue weighted by molar-refractivity contribution is -0.148. The van der Waals surface area contributed by atoms with Crippen molar-refractivity contribution in [3.63, 3.8) is 0 Å². The fraction of sp³-hybridized carbons (Fsp3) is 0.286. The zero-order chi connectivity index (χ0) is 16.3. The highest BCUT2D eigenvalue weighted by Gasteiger charge is 2.52. The molecule has 0 saturated heterocycles. The summed E-state index contributed by atoms with van der Waals surface area (Å²) in [5.74, 6) is 1.24. The van der Waals surface area contributed by atoms with E-state index in [2.05, 4.69) is 48.6 Å². The third-order valence-corrected chi connectivity index (χ3v) is 5.75. The summed E-state index contributed by atoms with van der Waals surface area (Å²) in [6, 6.07) is 12.5. The van der Waals surface area contributed by atoms with Crippen LogP contribution in [0.4, 0.5) is 0 Å². The lowest BCUT2D eigenvalue weighted by Gasteiger charge is -2.26. The number of allylic oxidation sites excluding steroid dienone is 3. The highest BCUT2D eigenvalue weighted by atomic mass is 16.5. The summed E-state index contributed by atoms with van der Waals surface area (Å²) in [6.45, 7) is 0.550. The van der Waals surface area contributed by atoms with E-state index >= 15 is 0 Å². The van der Waals surface area contributed by atoms with E-state index in [0.717, 1.165) is 11.3 Å². The van der Waals surface area contributed by atoms with Crippen molar-refractivity contribution in [3.8, 4) is 5.75 Å². The van der Waals surface area contributed by atoms with E-state index in [0.29, 0.717) is 6.61 Å². The Labute approximate surface area is 140 Å². The molecule has 120 valence electrons. The number of ether oxygens (including phenoxy) is 2. The Morgan fingerprint density at radius 2 is 1.96 bits per heavy atom. The minimum absolute atomic E-state index is 0.123. The molecule has 0 unspecified atom stereocenters. The number of benzene rings is 2. The number of carbonyl (C=O) groups excluding carboxylic acids is 1. The molecule has 1 saturated carbocycles. The predicted octanol–water partition coefficient (Wildman–Crippen LogP) is 3.84. The van der Waals surface area contributed by atoms with E-state index in [4.69, 9.17) is 9.47 Å². The first-order valence-corrected chi connectivity index (χ1v) is 8.40. The standard InChI is InChI=1S/C21H18O3/c1-23-21(22)20-15-8-7-14-16(15)10-17-13-5-3-2-4-12(13)6-9-19(17)24-11-18(14)20/h2-10,14-15,18,20H,11H2,1H3/b16-10+/t14-,15+,18+,20+/m0/s1. The Bertz CT molecular complexity index is 908. The third kappa shape index (κ3) is 1.75. The van der Waals surface area contributed by atoms with Crippen LogP contribution in [0.25, 0.3) is 16.8 Å². The monoisotopic (exact) mass is 318 g/mol. The lowest BCUT2D eigenvalue weighted by Crippen LogP contribution is -2.32. The smallest absolute Gasteiger partial charge is 0.310 e. The molecule has 24 heavy (non-hydrogen) atoms. The van der Waals surface area contributed by atoms with Crippen LogP contribution in [0.15, 0.2) is 54.1 Å². The lowest BCUT2D eigenvalue weighted by atomic mass is 9.83. The summed E-state index contributed by atoms with van der Waals surface area (Å²) < 4.78 is 11.2. The second-order valence-corrected chi connectivity index (χ2v) is 6.80. The van der Waals surface area contributed by atoms with Crippen LogP contribution < -0.4 is 4.74 Å². The van der Waals surface area contributed by atoms with Crippen LogP contribution in [-0.2, 0) is 9.53 Å². The van der Waals surface area contributed by atoms with Crippen molar-refractivity contribution in [3.05, 3.63) is 59.7 Å². The van der Waals surface area contributed by atoms with Crippen LogP contribution in [0.5, 0.6) is 5.75 Å². The van der Waals surface area contributed by atoms with E-state index in [1.165, 1.54) is 23.5 Å². The highest BCUT2D eigenvalue weighted by molar-refractivity contribution is 5.94. The first-order valence-electron chi connectivity index (χ1n) is 8.40. The minimum Gasteiger partial charge on any atom is -0.493 e. The quantitative estimate of drug-likeness (QED) is 0.592. The third-order valence-electron chi connectivity index (χ3n) is 5.75. The van der Waals surface area contributed by atoms with Gasteiger partial charge in [0, 0.05) is 23.3 Å². The summed E-state index contributed by atoms with van der Waals surface area (Å²) in [4.78, 5) is 12.3. The normalized spacial score (nSPS) is 31.6. The van der Waals surface area contributed by atoms with Crippen LogP contribution >= 0.6 is 0 Å². The molecule has 0 N–H and O–H groups in total. The molecule has 4 atom stereocenters. The maximum Gasteiger partial charge on any atom is 0.310 e. The van der Waals surface area contributed by atoms with Crippen LogP contribution in [0.1, 0.15) is 5.56 Å². The van der Waals surface area contributed by atoms with Crippen molar-refractivity contribution < 1.29 is 14.3 Å². The molecule has 0 radical (unpaired) electrons. The van der Waals surface area contributed by atoms with Crippen molar-refractivity contribution in [2.75, 3.05) is 13.7 Å². The molecule has 0 spiro atoms. The first kappa shape index (κ1) is 13.8. The van der Waals surface area contributed by atoms with E-state index in [9.17, 15) is 4.79 Å². The fourth-order valence-electron chi connectivity index (χ4n) is 4.65. The number of methoxy groups -OCH3 is 1. The number of esters is 1. The molecule has 3 heteroatoms. The molecule has 4 bridgehead atoms. The van der Waals surface area contributed by atoms with Gasteiger partial charge in [0.25, 0.3) is 0 Å². The molecule has 3 aliphatic rings. The van der Waals surface area contributed by atoms with Gasteiger partial charge in [-0.1, -0.05) is 54.1 Å². The topological polar surface area (TPSA) is 35.5 Å². The highest BCUT2D eigenvalue weighted by Crippen LogP contribution is 2.54.